The Morgan fingerprint density at radius 2 is 0.833 bits per heavy atom. The van der Waals surface area contributed by atoms with Gasteiger partial charge >= 0.3 is 0 Å². The third-order valence-electron chi connectivity index (χ3n) is 7.54. The fraction of sp³-hybridized carbons (Fsp3) is 0.250. The number of rotatable bonds is 15. The highest BCUT2D eigenvalue weighted by molar-refractivity contribution is 9.08. The summed E-state index contributed by atoms with van der Waals surface area (Å²) in [6.07, 6.45) is 1.23. The van der Waals surface area contributed by atoms with Gasteiger partial charge in [0.2, 0.25) is 0 Å². The lowest BCUT2D eigenvalue weighted by atomic mass is 10.0. The third-order valence-corrected chi connectivity index (χ3v) is 8.19. The molecule has 0 aliphatic carbocycles. The highest BCUT2D eigenvalue weighted by atomic mass is 79.9. The molecule has 0 saturated carbocycles. The smallest absolute Gasteiger partial charge is 0.123 e. The summed E-state index contributed by atoms with van der Waals surface area (Å²) >= 11 is 3.52. The first-order valence-corrected chi connectivity index (χ1v) is 17.0. The molecular weight excluding hydrogens is 672 g/mol. The van der Waals surface area contributed by atoms with E-state index in [1.54, 1.807) is 24.3 Å². The van der Waals surface area contributed by atoms with E-state index in [1.807, 2.05) is 69.3 Å². The Labute approximate surface area is 290 Å². The van der Waals surface area contributed by atoms with Crippen LogP contribution in [-0.4, -0.2) is 21.9 Å². The lowest BCUT2D eigenvalue weighted by Crippen LogP contribution is -2.02. The molecular formula is C40H41BrO7. The van der Waals surface area contributed by atoms with Gasteiger partial charge in [0.25, 0.3) is 0 Å². The van der Waals surface area contributed by atoms with Gasteiger partial charge in [-0.15, -0.1) is 0 Å². The van der Waals surface area contributed by atoms with Crippen LogP contribution in [0, 0.1) is 13.8 Å². The van der Waals surface area contributed by atoms with E-state index in [2.05, 4.69) is 28.1 Å². The molecule has 250 valence electrons. The van der Waals surface area contributed by atoms with E-state index in [1.165, 1.54) is 6.07 Å². The molecule has 7 nitrogen and oxygen atoms in total. The van der Waals surface area contributed by atoms with Crippen molar-refractivity contribution in [2.75, 3.05) is 6.61 Å². The normalized spacial score (nSPS) is 10.9. The van der Waals surface area contributed by atoms with Crippen LogP contribution in [0.2, 0.25) is 0 Å². The molecule has 0 aliphatic heterocycles. The zero-order chi connectivity index (χ0) is 34.0. The average Bonchev–Trinajstić information content (AvgIpc) is 3.03. The minimum atomic E-state index is 0.0242. The second kappa shape index (κ2) is 16.3. The van der Waals surface area contributed by atoms with Gasteiger partial charge in [-0.25, -0.2) is 0 Å². The van der Waals surface area contributed by atoms with Gasteiger partial charge in [0.1, 0.15) is 60.1 Å². The van der Waals surface area contributed by atoms with Crippen molar-refractivity contribution in [1.29, 1.82) is 0 Å². The largest absolute Gasteiger partial charge is 0.508 e. The number of halogens is 1. The molecule has 8 heteroatoms. The van der Waals surface area contributed by atoms with Gasteiger partial charge < -0.3 is 34.3 Å². The summed E-state index contributed by atoms with van der Waals surface area (Å²) in [6.45, 7) is 7.66. The summed E-state index contributed by atoms with van der Waals surface area (Å²) in [7, 11) is 0. The van der Waals surface area contributed by atoms with Crippen LogP contribution in [-0.2, 0) is 38.0 Å². The molecule has 0 fully saturated rings. The Morgan fingerprint density at radius 1 is 0.438 bits per heavy atom. The van der Waals surface area contributed by atoms with Crippen LogP contribution < -0.4 is 18.9 Å². The van der Waals surface area contributed by atoms with E-state index in [4.69, 9.17) is 18.9 Å². The van der Waals surface area contributed by atoms with Gasteiger partial charge in [0, 0.05) is 17.5 Å². The predicted molar refractivity (Wildman–Crippen MR) is 191 cm³/mol. The molecule has 0 spiro atoms. The molecule has 0 amide bonds. The minimum Gasteiger partial charge on any atom is -0.508 e. The number of ether oxygens (including phenoxy) is 4. The molecule has 0 saturated heterocycles. The summed E-state index contributed by atoms with van der Waals surface area (Å²) in [6, 6.07) is 28.0. The standard InChI is InChI=1S/C40H41BrO7/c1-4-45-39-16-30(22-41)17-40(21-39)48-24-32-8-27(3)9-37(19-32)46-23-31-7-26(2)10-38(18-31)47-25-33-11-28(12-34(42)15-33)5-6-29-13-35(43)20-36(44)14-29/h7-21,42-44H,4-6,22-25H2,1-3H3. The topological polar surface area (TPSA) is 97.6 Å². The van der Waals surface area contributed by atoms with Crippen LogP contribution in [0.5, 0.6) is 40.2 Å². The van der Waals surface area contributed by atoms with Crippen molar-refractivity contribution in [3.05, 3.63) is 136 Å². The minimum absolute atomic E-state index is 0.0242. The number of hydrogen-bond acceptors (Lipinski definition) is 7. The third kappa shape index (κ3) is 10.3. The van der Waals surface area contributed by atoms with E-state index in [9.17, 15) is 15.3 Å². The molecule has 48 heavy (non-hydrogen) atoms. The number of alkyl halides is 1. The Hall–Kier alpha value is -4.82. The Kier molecular flexibility index (Phi) is 11.7. The van der Waals surface area contributed by atoms with Crippen molar-refractivity contribution in [2.45, 2.75) is 58.8 Å². The highest BCUT2D eigenvalue weighted by Gasteiger charge is 2.09. The van der Waals surface area contributed by atoms with Crippen molar-refractivity contribution < 1.29 is 34.3 Å². The van der Waals surface area contributed by atoms with Gasteiger partial charge in [-0.05, 0) is 139 Å². The van der Waals surface area contributed by atoms with Crippen LogP contribution in [0.25, 0.3) is 0 Å². The first kappa shape index (κ1) is 34.5. The maximum Gasteiger partial charge on any atom is 0.123 e. The summed E-state index contributed by atoms with van der Waals surface area (Å²) in [5.74, 6) is 3.22. The Morgan fingerprint density at radius 3 is 1.33 bits per heavy atom. The summed E-state index contributed by atoms with van der Waals surface area (Å²) in [4.78, 5) is 0. The van der Waals surface area contributed by atoms with Crippen molar-refractivity contribution in [2.24, 2.45) is 0 Å². The van der Waals surface area contributed by atoms with E-state index in [0.29, 0.717) is 43.7 Å². The monoisotopic (exact) mass is 712 g/mol. The highest BCUT2D eigenvalue weighted by Crippen LogP contribution is 2.28. The van der Waals surface area contributed by atoms with E-state index >= 15 is 0 Å². The van der Waals surface area contributed by atoms with E-state index in [0.717, 1.165) is 61.8 Å². The van der Waals surface area contributed by atoms with Crippen LogP contribution >= 0.6 is 15.9 Å². The van der Waals surface area contributed by atoms with Crippen molar-refractivity contribution >= 4 is 15.9 Å². The molecule has 0 aliphatic rings. The molecule has 0 heterocycles. The molecule has 5 aromatic rings. The maximum atomic E-state index is 10.4. The second-order valence-corrected chi connectivity index (χ2v) is 12.5. The number of aryl methyl sites for hydroxylation is 4. The number of hydrogen-bond donors (Lipinski definition) is 3. The SMILES string of the molecule is CCOc1cc(CBr)cc(OCc2cc(C)cc(OCc3cc(C)cc(OCc4cc(O)cc(CCc5cc(O)cc(O)c5)c4)c3)c2)c1. The zero-order valence-electron chi connectivity index (χ0n) is 27.5. The van der Waals surface area contributed by atoms with Gasteiger partial charge in [-0.3, -0.25) is 0 Å². The van der Waals surface area contributed by atoms with Crippen molar-refractivity contribution in [3.63, 3.8) is 0 Å². The molecule has 0 aromatic heterocycles. The summed E-state index contributed by atoms with van der Waals surface area (Å²) in [5, 5.41) is 30.6. The molecule has 0 unspecified atom stereocenters. The number of benzene rings is 5. The van der Waals surface area contributed by atoms with E-state index in [-0.39, 0.29) is 23.9 Å². The van der Waals surface area contributed by atoms with Crippen LogP contribution in [0.4, 0.5) is 0 Å². The molecule has 3 N–H and O–H groups in total. The summed E-state index contributed by atoms with van der Waals surface area (Å²) < 4.78 is 24.2. The van der Waals surface area contributed by atoms with E-state index < -0.39 is 0 Å². The molecule has 0 bridgehead atoms. The first-order chi connectivity index (χ1) is 23.1. The molecule has 5 rings (SSSR count). The Bertz CT molecular complexity index is 1830. The number of aromatic hydroxyl groups is 3. The van der Waals surface area contributed by atoms with Gasteiger partial charge in [-0.1, -0.05) is 34.1 Å². The first-order valence-electron chi connectivity index (χ1n) is 15.9. The number of phenolic OH excluding ortho intramolecular Hbond substituents is 3. The van der Waals surface area contributed by atoms with Gasteiger partial charge in [0.05, 0.1) is 6.61 Å². The van der Waals surface area contributed by atoms with Crippen LogP contribution in [0.15, 0.2) is 91.0 Å². The molecule has 0 atom stereocenters. The molecule has 0 radical (unpaired) electrons. The number of phenols is 3. The van der Waals surface area contributed by atoms with Gasteiger partial charge in [0.15, 0.2) is 0 Å². The zero-order valence-corrected chi connectivity index (χ0v) is 29.0. The van der Waals surface area contributed by atoms with Crippen molar-refractivity contribution in [1.82, 2.24) is 0 Å². The molecule has 5 aromatic carbocycles. The summed E-state index contributed by atoms with van der Waals surface area (Å²) in [5.41, 5.74) is 7.77. The Balaban J connectivity index is 1.19. The second-order valence-electron chi connectivity index (χ2n) is 11.9. The van der Waals surface area contributed by atoms with Crippen molar-refractivity contribution in [3.8, 4) is 40.2 Å². The maximum absolute atomic E-state index is 10.4. The fourth-order valence-corrected chi connectivity index (χ4v) is 5.91. The van der Waals surface area contributed by atoms with Gasteiger partial charge in [-0.2, -0.15) is 0 Å². The average molecular weight is 714 g/mol. The quantitative estimate of drug-likeness (QED) is 0.0931. The lowest BCUT2D eigenvalue weighted by molar-refractivity contribution is 0.289. The lowest BCUT2D eigenvalue weighted by Gasteiger charge is -2.14. The van der Waals surface area contributed by atoms with Crippen LogP contribution in [0.1, 0.15) is 51.4 Å². The predicted octanol–water partition coefficient (Wildman–Crippen LogP) is 9.24. The fourth-order valence-electron chi connectivity index (χ4n) is 5.58. The van der Waals surface area contributed by atoms with Crippen LogP contribution in [0.3, 0.4) is 0 Å².